The Labute approximate surface area is 173 Å². The molecule has 0 spiro atoms. The minimum absolute atomic E-state index is 0.258. The van der Waals surface area contributed by atoms with Crippen molar-refractivity contribution in [2.45, 2.75) is 13.5 Å². The summed E-state index contributed by atoms with van der Waals surface area (Å²) >= 11 is 0. The fraction of sp³-hybridized carbons (Fsp3) is 0.182. The van der Waals surface area contributed by atoms with Crippen LogP contribution in [-0.4, -0.2) is 31.9 Å². The predicted octanol–water partition coefficient (Wildman–Crippen LogP) is 2.92. The van der Waals surface area contributed by atoms with Crippen molar-refractivity contribution < 1.29 is 9.47 Å². The minimum Gasteiger partial charge on any atom is -0.497 e. The Bertz CT molecular complexity index is 1250. The van der Waals surface area contributed by atoms with Crippen molar-refractivity contribution in [3.8, 4) is 28.3 Å². The number of aromatic nitrogens is 5. The fourth-order valence-corrected chi connectivity index (χ4v) is 3.15. The van der Waals surface area contributed by atoms with E-state index in [0.717, 1.165) is 28.0 Å². The molecule has 0 aliphatic heterocycles. The Kier molecular flexibility index (Phi) is 5.30. The second-order valence-electron chi connectivity index (χ2n) is 6.80. The van der Waals surface area contributed by atoms with E-state index in [-0.39, 0.29) is 12.3 Å². The van der Waals surface area contributed by atoms with Crippen LogP contribution in [0.4, 0.5) is 0 Å². The van der Waals surface area contributed by atoms with Gasteiger partial charge in [0, 0.05) is 24.4 Å². The van der Waals surface area contributed by atoms with Crippen molar-refractivity contribution in [3.63, 3.8) is 0 Å². The Morgan fingerprint density at radius 1 is 0.967 bits per heavy atom. The largest absolute Gasteiger partial charge is 0.497 e. The average molecular weight is 403 g/mol. The number of hydrogen-bond acceptors (Lipinski definition) is 6. The van der Waals surface area contributed by atoms with Gasteiger partial charge in [-0.1, -0.05) is 24.3 Å². The first kappa shape index (κ1) is 19.4. The van der Waals surface area contributed by atoms with Gasteiger partial charge in [-0.3, -0.25) is 4.98 Å². The lowest BCUT2D eigenvalue weighted by Crippen LogP contribution is -2.23. The van der Waals surface area contributed by atoms with Crippen LogP contribution in [0.1, 0.15) is 11.1 Å². The van der Waals surface area contributed by atoms with Gasteiger partial charge in [0.1, 0.15) is 18.1 Å². The molecule has 0 unspecified atom stereocenters. The van der Waals surface area contributed by atoms with E-state index in [1.165, 1.54) is 9.36 Å². The molecule has 0 bridgehead atoms. The highest BCUT2D eigenvalue weighted by Gasteiger charge is 2.14. The average Bonchev–Trinajstić information content (AvgIpc) is 3.11. The lowest BCUT2D eigenvalue weighted by Gasteiger charge is -2.13. The molecule has 152 valence electrons. The monoisotopic (exact) mass is 403 g/mol. The number of aryl methyl sites for hydroxylation is 2. The maximum Gasteiger partial charge on any atom is 0.368 e. The van der Waals surface area contributed by atoms with Crippen LogP contribution in [0.15, 0.2) is 65.7 Å². The zero-order chi connectivity index (χ0) is 21.1. The third kappa shape index (κ3) is 3.80. The Balaban J connectivity index is 1.62. The maximum atomic E-state index is 12.3. The highest BCUT2D eigenvalue weighted by molar-refractivity contribution is 5.65. The number of hydrogen-bond donors (Lipinski definition) is 0. The van der Waals surface area contributed by atoms with Crippen molar-refractivity contribution in [2.24, 2.45) is 7.05 Å². The smallest absolute Gasteiger partial charge is 0.368 e. The summed E-state index contributed by atoms with van der Waals surface area (Å²) in [6, 6.07) is 15.4. The third-order valence-corrected chi connectivity index (χ3v) is 4.83. The molecule has 4 aromatic rings. The van der Waals surface area contributed by atoms with E-state index >= 15 is 0 Å². The van der Waals surface area contributed by atoms with Crippen molar-refractivity contribution in [3.05, 3.63) is 82.5 Å². The normalized spacial score (nSPS) is 10.8. The summed E-state index contributed by atoms with van der Waals surface area (Å²) < 4.78 is 13.8. The molecular weight excluding hydrogens is 382 g/mol. The van der Waals surface area contributed by atoms with Gasteiger partial charge in [0.05, 0.1) is 19.0 Å². The van der Waals surface area contributed by atoms with Crippen molar-refractivity contribution >= 4 is 0 Å². The number of tetrazole rings is 1. The molecule has 0 fully saturated rings. The molecule has 2 heterocycles. The summed E-state index contributed by atoms with van der Waals surface area (Å²) in [7, 11) is 3.20. The van der Waals surface area contributed by atoms with Gasteiger partial charge < -0.3 is 9.47 Å². The van der Waals surface area contributed by atoms with E-state index in [2.05, 4.69) is 15.4 Å². The topological polar surface area (TPSA) is 84.1 Å². The van der Waals surface area contributed by atoms with E-state index in [1.54, 1.807) is 26.6 Å². The van der Waals surface area contributed by atoms with Gasteiger partial charge in [0.2, 0.25) is 0 Å². The molecule has 0 aliphatic rings. The van der Waals surface area contributed by atoms with E-state index in [0.29, 0.717) is 11.4 Å². The molecule has 8 nitrogen and oxygen atoms in total. The van der Waals surface area contributed by atoms with Crippen molar-refractivity contribution in [1.82, 2.24) is 24.8 Å². The van der Waals surface area contributed by atoms with Gasteiger partial charge in [-0.2, -0.15) is 9.36 Å². The standard InChI is InChI=1S/C22H21N5O3/c1-15-6-4-9-21(27-22(28)26(2)24-25-27)20(15)14-30-19-11-17(12-23-13-19)16-7-5-8-18(10-16)29-3/h4-13H,14H2,1-3H3. The maximum absolute atomic E-state index is 12.3. The Morgan fingerprint density at radius 2 is 1.77 bits per heavy atom. The number of ether oxygens (including phenoxy) is 2. The Morgan fingerprint density at radius 3 is 2.53 bits per heavy atom. The summed E-state index contributed by atoms with van der Waals surface area (Å²) in [6.45, 7) is 2.22. The molecule has 2 aromatic heterocycles. The summed E-state index contributed by atoms with van der Waals surface area (Å²) in [5, 5.41) is 7.75. The van der Waals surface area contributed by atoms with Crippen LogP contribution >= 0.6 is 0 Å². The molecule has 0 saturated carbocycles. The van der Waals surface area contributed by atoms with Crippen LogP contribution < -0.4 is 15.2 Å². The van der Waals surface area contributed by atoms with Gasteiger partial charge in [-0.15, -0.1) is 0 Å². The molecule has 0 aliphatic carbocycles. The van der Waals surface area contributed by atoms with Crippen LogP contribution in [0.2, 0.25) is 0 Å². The van der Waals surface area contributed by atoms with Gasteiger partial charge >= 0.3 is 5.69 Å². The minimum atomic E-state index is -0.316. The molecule has 0 amide bonds. The summed E-state index contributed by atoms with van der Waals surface area (Å²) in [5.74, 6) is 1.40. The summed E-state index contributed by atoms with van der Waals surface area (Å²) in [6.07, 6.45) is 3.44. The van der Waals surface area contributed by atoms with Crippen molar-refractivity contribution in [2.75, 3.05) is 7.11 Å². The number of benzene rings is 2. The number of nitrogens with zero attached hydrogens (tertiary/aromatic N) is 5. The number of rotatable bonds is 6. The van der Waals surface area contributed by atoms with E-state index in [4.69, 9.17) is 9.47 Å². The number of pyridine rings is 1. The highest BCUT2D eigenvalue weighted by Crippen LogP contribution is 2.27. The second-order valence-corrected chi connectivity index (χ2v) is 6.80. The van der Waals surface area contributed by atoms with E-state index < -0.39 is 0 Å². The van der Waals surface area contributed by atoms with E-state index in [9.17, 15) is 4.79 Å². The molecule has 8 heteroatoms. The van der Waals surface area contributed by atoms with Crippen molar-refractivity contribution in [1.29, 1.82) is 0 Å². The van der Waals surface area contributed by atoms with Crippen LogP contribution in [0.25, 0.3) is 16.8 Å². The first-order valence-electron chi connectivity index (χ1n) is 9.37. The van der Waals surface area contributed by atoms with Gasteiger partial charge in [-0.05, 0) is 52.7 Å². The number of methoxy groups -OCH3 is 1. The van der Waals surface area contributed by atoms with Gasteiger partial charge in [0.15, 0.2) is 0 Å². The lowest BCUT2D eigenvalue weighted by molar-refractivity contribution is 0.303. The van der Waals surface area contributed by atoms with Crippen LogP contribution in [0.3, 0.4) is 0 Å². The molecule has 0 atom stereocenters. The predicted molar refractivity (Wildman–Crippen MR) is 112 cm³/mol. The molecule has 30 heavy (non-hydrogen) atoms. The van der Waals surface area contributed by atoms with Gasteiger partial charge in [-0.25, -0.2) is 4.79 Å². The molecule has 0 radical (unpaired) electrons. The molecular formula is C22H21N5O3. The highest BCUT2D eigenvalue weighted by atomic mass is 16.5. The molecule has 4 rings (SSSR count). The molecule has 2 aromatic carbocycles. The second kappa shape index (κ2) is 8.20. The first-order valence-corrected chi connectivity index (χ1v) is 9.37. The quantitative estimate of drug-likeness (QED) is 0.492. The third-order valence-electron chi connectivity index (χ3n) is 4.83. The molecule has 0 saturated heterocycles. The Hall–Kier alpha value is -3.94. The zero-order valence-corrected chi connectivity index (χ0v) is 16.9. The van der Waals surface area contributed by atoms with Crippen LogP contribution in [0, 0.1) is 6.92 Å². The first-order chi connectivity index (χ1) is 14.6. The SMILES string of the molecule is COc1cccc(-c2cncc(OCc3c(C)cccc3-n3nnn(C)c3=O)c2)c1. The van der Waals surface area contributed by atoms with Crippen LogP contribution in [0.5, 0.6) is 11.5 Å². The fourth-order valence-electron chi connectivity index (χ4n) is 3.15. The van der Waals surface area contributed by atoms with Gasteiger partial charge in [0.25, 0.3) is 0 Å². The zero-order valence-electron chi connectivity index (χ0n) is 16.9. The summed E-state index contributed by atoms with van der Waals surface area (Å²) in [5.41, 5.74) is 4.07. The lowest BCUT2D eigenvalue weighted by atomic mass is 10.1. The van der Waals surface area contributed by atoms with Crippen LogP contribution in [-0.2, 0) is 13.7 Å². The summed E-state index contributed by atoms with van der Waals surface area (Å²) in [4.78, 5) is 16.6. The van der Waals surface area contributed by atoms with E-state index in [1.807, 2.05) is 55.5 Å². The molecule has 0 N–H and O–H groups in total.